The molecule has 1 aromatic carbocycles. The Hall–Kier alpha value is -2.17. The van der Waals surface area contributed by atoms with E-state index in [2.05, 4.69) is 14.9 Å². The highest BCUT2D eigenvalue weighted by Crippen LogP contribution is 2.09. The molecule has 0 fully saturated rings. The van der Waals surface area contributed by atoms with Crippen LogP contribution in [0.2, 0.25) is 0 Å². The molecule has 0 saturated heterocycles. The highest BCUT2D eigenvalue weighted by atomic mass is 16.5. The monoisotopic (exact) mass is 217 g/mol. The zero-order chi connectivity index (χ0) is 11.4. The molecule has 0 aliphatic heterocycles. The Labute approximate surface area is 92.7 Å². The van der Waals surface area contributed by atoms with E-state index in [-0.39, 0.29) is 5.97 Å². The van der Waals surface area contributed by atoms with Gasteiger partial charge < -0.3 is 4.74 Å². The summed E-state index contributed by atoms with van der Waals surface area (Å²) < 4.78 is 6.39. The molecule has 0 spiro atoms. The van der Waals surface area contributed by atoms with E-state index in [0.717, 1.165) is 11.3 Å². The average molecular weight is 217 g/mol. The summed E-state index contributed by atoms with van der Waals surface area (Å²) in [5, 5.41) is 7.44. The Morgan fingerprint density at radius 3 is 2.44 bits per heavy atom. The van der Waals surface area contributed by atoms with Gasteiger partial charge in [0.2, 0.25) is 0 Å². The van der Waals surface area contributed by atoms with Gasteiger partial charge in [0, 0.05) is 5.69 Å². The van der Waals surface area contributed by atoms with Crippen LogP contribution in [0.1, 0.15) is 5.56 Å². The van der Waals surface area contributed by atoms with Gasteiger partial charge >= 0.3 is 5.97 Å². The summed E-state index contributed by atoms with van der Waals surface area (Å²) in [7, 11) is 1.38. The molecule has 5 heteroatoms. The van der Waals surface area contributed by atoms with Gasteiger partial charge in [0.25, 0.3) is 0 Å². The van der Waals surface area contributed by atoms with E-state index in [1.54, 1.807) is 17.2 Å². The van der Waals surface area contributed by atoms with E-state index >= 15 is 0 Å². The first-order valence-electron chi connectivity index (χ1n) is 4.80. The van der Waals surface area contributed by atoms with Crippen LogP contribution in [0.25, 0.3) is 5.69 Å². The summed E-state index contributed by atoms with van der Waals surface area (Å²) in [5.41, 5.74) is 1.88. The van der Waals surface area contributed by atoms with Gasteiger partial charge in [-0.2, -0.15) is 0 Å². The molecule has 2 aromatic rings. The van der Waals surface area contributed by atoms with E-state index in [1.165, 1.54) is 7.11 Å². The van der Waals surface area contributed by atoms with E-state index in [9.17, 15) is 4.79 Å². The second-order valence-corrected chi connectivity index (χ2v) is 3.29. The minimum atomic E-state index is -0.239. The van der Waals surface area contributed by atoms with Crippen LogP contribution in [-0.2, 0) is 16.0 Å². The molecule has 5 nitrogen and oxygen atoms in total. The van der Waals surface area contributed by atoms with Crippen molar-refractivity contribution in [2.75, 3.05) is 7.11 Å². The number of esters is 1. The van der Waals surface area contributed by atoms with Crippen molar-refractivity contribution in [3.05, 3.63) is 42.5 Å². The number of benzene rings is 1. The number of hydrogen-bond donors (Lipinski definition) is 0. The van der Waals surface area contributed by atoms with Gasteiger partial charge in [-0.05, 0) is 17.7 Å². The lowest BCUT2D eigenvalue weighted by Gasteiger charge is -2.03. The number of ether oxygens (including phenoxy) is 1. The summed E-state index contributed by atoms with van der Waals surface area (Å²) in [6.45, 7) is 0. The predicted molar refractivity (Wildman–Crippen MR) is 57.1 cm³/mol. The zero-order valence-corrected chi connectivity index (χ0v) is 8.83. The Morgan fingerprint density at radius 1 is 1.25 bits per heavy atom. The van der Waals surface area contributed by atoms with E-state index in [4.69, 9.17) is 0 Å². The van der Waals surface area contributed by atoms with Crippen molar-refractivity contribution in [1.29, 1.82) is 0 Å². The summed E-state index contributed by atoms with van der Waals surface area (Å²) in [6, 6.07) is 7.57. The molecule has 16 heavy (non-hydrogen) atoms. The molecule has 0 atom stereocenters. The maximum Gasteiger partial charge on any atom is 0.309 e. The van der Waals surface area contributed by atoms with Gasteiger partial charge in [0.05, 0.1) is 13.5 Å². The van der Waals surface area contributed by atoms with Crippen LogP contribution in [0.15, 0.2) is 36.9 Å². The molecular formula is C11H11N3O2. The Kier molecular flexibility index (Phi) is 2.95. The molecule has 0 N–H and O–H groups in total. The first kappa shape index (κ1) is 10.4. The maximum atomic E-state index is 11.0. The van der Waals surface area contributed by atoms with Crippen molar-refractivity contribution in [1.82, 2.24) is 14.8 Å². The molecular weight excluding hydrogens is 206 g/mol. The molecule has 0 amide bonds. The lowest BCUT2D eigenvalue weighted by molar-refractivity contribution is -0.139. The lowest BCUT2D eigenvalue weighted by atomic mass is 10.1. The normalized spacial score (nSPS) is 10.1. The Bertz CT molecular complexity index is 462. The highest BCUT2D eigenvalue weighted by Gasteiger charge is 2.02. The molecule has 2 rings (SSSR count). The second kappa shape index (κ2) is 4.57. The third-order valence-corrected chi connectivity index (χ3v) is 2.23. The van der Waals surface area contributed by atoms with Crippen molar-refractivity contribution < 1.29 is 9.53 Å². The number of carbonyl (C=O) groups excluding carboxylic acids is 1. The minimum Gasteiger partial charge on any atom is -0.469 e. The summed E-state index contributed by atoms with van der Waals surface area (Å²) in [6.07, 6.45) is 3.53. The standard InChI is InChI=1S/C11H11N3O2/c1-16-11(15)6-9-2-4-10(5-3-9)14-7-12-13-8-14/h2-5,7-8H,6H2,1H3. The fourth-order valence-corrected chi connectivity index (χ4v) is 1.36. The molecule has 0 bridgehead atoms. The predicted octanol–water partition coefficient (Wildman–Crippen LogP) is 0.983. The molecule has 1 heterocycles. The number of aromatic nitrogens is 3. The first-order chi connectivity index (χ1) is 7.79. The maximum absolute atomic E-state index is 11.0. The largest absolute Gasteiger partial charge is 0.469 e. The topological polar surface area (TPSA) is 57.0 Å². The number of methoxy groups -OCH3 is 1. The van der Waals surface area contributed by atoms with Crippen molar-refractivity contribution in [2.24, 2.45) is 0 Å². The SMILES string of the molecule is COC(=O)Cc1ccc(-n2cnnc2)cc1. The quantitative estimate of drug-likeness (QED) is 0.719. The number of nitrogens with zero attached hydrogens (tertiary/aromatic N) is 3. The lowest BCUT2D eigenvalue weighted by Crippen LogP contribution is -2.04. The number of hydrogen-bond acceptors (Lipinski definition) is 4. The van der Waals surface area contributed by atoms with Gasteiger partial charge in [-0.3, -0.25) is 9.36 Å². The molecule has 0 aliphatic rings. The highest BCUT2D eigenvalue weighted by molar-refractivity contribution is 5.72. The zero-order valence-electron chi connectivity index (χ0n) is 8.83. The van der Waals surface area contributed by atoms with Crippen molar-refractivity contribution in [2.45, 2.75) is 6.42 Å². The molecule has 0 unspecified atom stereocenters. The Morgan fingerprint density at radius 2 is 1.88 bits per heavy atom. The summed E-state index contributed by atoms with van der Waals surface area (Å²) in [4.78, 5) is 11.0. The van der Waals surface area contributed by atoms with Crippen molar-refractivity contribution >= 4 is 5.97 Å². The van der Waals surface area contributed by atoms with Crippen LogP contribution < -0.4 is 0 Å². The molecule has 0 radical (unpaired) electrons. The van der Waals surface area contributed by atoms with E-state index in [1.807, 2.05) is 24.3 Å². The van der Waals surface area contributed by atoms with E-state index < -0.39 is 0 Å². The van der Waals surface area contributed by atoms with Crippen LogP contribution >= 0.6 is 0 Å². The number of carbonyl (C=O) groups is 1. The average Bonchev–Trinajstić information content (AvgIpc) is 2.83. The molecule has 1 aromatic heterocycles. The number of rotatable bonds is 3. The summed E-state index contributed by atoms with van der Waals surface area (Å²) in [5.74, 6) is -0.239. The van der Waals surface area contributed by atoms with Crippen LogP contribution in [0.4, 0.5) is 0 Å². The minimum absolute atomic E-state index is 0.239. The molecule has 82 valence electrons. The van der Waals surface area contributed by atoms with Gasteiger partial charge in [0.15, 0.2) is 0 Å². The summed E-state index contributed by atoms with van der Waals surface area (Å²) >= 11 is 0. The molecule has 0 aliphatic carbocycles. The van der Waals surface area contributed by atoms with E-state index in [0.29, 0.717) is 6.42 Å². The third kappa shape index (κ3) is 2.25. The van der Waals surface area contributed by atoms with Crippen LogP contribution in [-0.4, -0.2) is 27.8 Å². The fourth-order valence-electron chi connectivity index (χ4n) is 1.36. The van der Waals surface area contributed by atoms with Crippen LogP contribution in [0, 0.1) is 0 Å². The van der Waals surface area contributed by atoms with Crippen LogP contribution in [0.3, 0.4) is 0 Å². The molecule has 0 saturated carbocycles. The van der Waals surface area contributed by atoms with Crippen molar-refractivity contribution in [3.63, 3.8) is 0 Å². The van der Waals surface area contributed by atoms with Gasteiger partial charge in [0.1, 0.15) is 12.7 Å². The second-order valence-electron chi connectivity index (χ2n) is 3.29. The van der Waals surface area contributed by atoms with Crippen LogP contribution in [0.5, 0.6) is 0 Å². The van der Waals surface area contributed by atoms with Gasteiger partial charge in [-0.1, -0.05) is 12.1 Å². The smallest absolute Gasteiger partial charge is 0.309 e. The first-order valence-corrected chi connectivity index (χ1v) is 4.80. The Balaban J connectivity index is 2.14. The van der Waals surface area contributed by atoms with Gasteiger partial charge in [-0.25, -0.2) is 0 Å². The van der Waals surface area contributed by atoms with Gasteiger partial charge in [-0.15, -0.1) is 10.2 Å². The fraction of sp³-hybridized carbons (Fsp3) is 0.182. The van der Waals surface area contributed by atoms with Crippen molar-refractivity contribution in [3.8, 4) is 5.69 Å². The third-order valence-electron chi connectivity index (χ3n) is 2.23.